The van der Waals surface area contributed by atoms with Gasteiger partial charge in [0, 0.05) is 13.2 Å². The summed E-state index contributed by atoms with van der Waals surface area (Å²) in [5.41, 5.74) is 1.22. The van der Waals surface area contributed by atoms with Crippen molar-refractivity contribution in [3.63, 3.8) is 0 Å². The Morgan fingerprint density at radius 2 is 2.12 bits per heavy atom. The molecule has 0 amide bonds. The maximum atomic E-state index is 9.79. The fourth-order valence-electron chi connectivity index (χ4n) is 1.89. The van der Waals surface area contributed by atoms with Crippen LogP contribution in [0.2, 0.25) is 0 Å². The van der Waals surface area contributed by atoms with Crippen LogP contribution in [-0.2, 0) is 13.5 Å². The number of aliphatic hydroxyl groups excluding tert-OH is 1. The Bertz CT molecular complexity index is 283. The summed E-state index contributed by atoms with van der Waals surface area (Å²) in [4.78, 5) is 0. The first-order valence-corrected chi connectivity index (χ1v) is 6.38. The highest BCUT2D eigenvalue weighted by atomic mass is 16.3. The van der Waals surface area contributed by atoms with Crippen LogP contribution in [0.25, 0.3) is 0 Å². The molecule has 1 N–H and O–H groups in total. The first-order chi connectivity index (χ1) is 7.72. The summed E-state index contributed by atoms with van der Waals surface area (Å²) in [7, 11) is 1.92. The van der Waals surface area contributed by atoms with Crippen molar-refractivity contribution in [2.24, 2.45) is 7.05 Å². The second-order valence-corrected chi connectivity index (χ2v) is 4.56. The number of nitrogens with zero attached hydrogens (tertiary/aromatic N) is 2. The third-order valence-electron chi connectivity index (χ3n) is 2.92. The molecule has 92 valence electrons. The van der Waals surface area contributed by atoms with Gasteiger partial charge in [-0.2, -0.15) is 5.10 Å². The van der Waals surface area contributed by atoms with Crippen LogP contribution in [0.5, 0.6) is 0 Å². The fourth-order valence-corrected chi connectivity index (χ4v) is 1.89. The first-order valence-electron chi connectivity index (χ1n) is 6.38. The van der Waals surface area contributed by atoms with Crippen LogP contribution < -0.4 is 0 Å². The second-order valence-electron chi connectivity index (χ2n) is 4.56. The van der Waals surface area contributed by atoms with E-state index in [-0.39, 0.29) is 6.10 Å². The highest BCUT2D eigenvalue weighted by Gasteiger charge is 2.05. The predicted octanol–water partition coefficient (Wildman–Crippen LogP) is 2.68. The summed E-state index contributed by atoms with van der Waals surface area (Å²) in [6.07, 6.45) is 11.4. The van der Waals surface area contributed by atoms with Gasteiger partial charge in [0.1, 0.15) is 0 Å². The van der Waals surface area contributed by atoms with Crippen LogP contribution in [-0.4, -0.2) is 21.0 Å². The molecule has 1 aromatic heterocycles. The van der Waals surface area contributed by atoms with E-state index < -0.39 is 0 Å². The molecule has 0 bridgehead atoms. The summed E-state index contributed by atoms with van der Waals surface area (Å²) in [5.74, 6) is 0. The third kappa shape index (κ3) is 5.31. The maximum Gasteiger partial charge on any atom is 0.0543 e. The molecule has 16 heavy (non-hydrogen) atoms. The van der Waals surface area contributed by atoms with Crippen LogP contribution in [0.4, 0.5) is 0 Å². The largest absolute Gasteiger partial charge is 0.393 e. The van der Waals surface area contributed by atoms with Gasteiger partial charge in [0.25, 0.3) is 0 Å². The molecule has 0 spiro atoms. The zero-order valence-corrected chi connectivity index (χ0v) is 10.5. The Balaban J connectivity index is 2.08. The number of unbranched alkanes of at least 4 members (excludes halogenated alkanes) is 3. The van der Waals surface area contributed by atoms with Crippen molar-refractivity contribution in [2.45, 2.75) is 58.0 Å². The quantitative estimate of drug-likeness (QED) is 0.689. The maximum absolute atomic E-state index is 9.79. The molecule has 0 saturated carbocycles. The van der Waals surface area contributed by atoms with Crippen molar-refractivity contribution in [2.75, 3.05) is 0 Å². The van der Waals surface area contributed by atoms with Gasteiger partial charge < -0.3 is 5.11 Å². The number of hydrogen-bond acceptors (Lipinski definition) is 2. The molecule has 0 fully saturated rings. The van der Waals surface area contributed by atoms with Crippen molar-refractivity contribution in [1.29, 1.82) is 0 Å². The molecular formula is C13H24N2O. The Kier molecular flexibility index (Phi) is 6.16. The lowest BCUT2D eigenvalue weighted by atomic mass is 10.0. The van der Waals surface area contributed by atoms with Crippen LogP contribution in [0.3, 0.4) is 0 Å². The lowest BCUT2D eigenvalue weighted by molar-refractivity contribution is 0.151. The van der Waals surface area contributed by atoms with E-state index in [1.165, 1.54) is 24.8 Å². The second kappa shape index (κ2) is 7.44. The number of rotatable bonds is 8. The summed E-state index contributed by atoms with van der Waals surface area (Å²) in [5, 5.41) is 13.9. The third-order valence-corrected chi connectivity index (χ3v) is 2.92. The molecule has 3 nitrogen and oxygen atoms in total. The Hall–Kier alpha value is -0.830. The molecule has 0 aromatic carbocycles. The topological polar surface area (TPSA) is 38.1 Å². The summed E-state index contributed by atoms with van der Waals surface area (Å²) >= 11 is 0. The van der Waals surface area contributed by atoms with Gasteiger partial charge in [-0.05, 0) is 24.8 Å². The Morgan fingerprint density at radius 3 is 2.75 bits per heavy atom. The number of aromatic nitrogens is 2. The Labute approximate surface area is 98.5 Å². The van der Waals surface area contributed by atoms with Gasteiger partial charge in [0.15, 0.2) is 0 Å². The normalized spacial score (nSPS) is 12.9. The molecule has 0 aliphatic rings. The number of aliphatic hydroxyl groups is 1. The van der Waals surface area contributed by atoms with Gasteiger partial charge in [0.05, 0.1) is 12.3 Å². The minimum atomic E-state index is -0.142. The fraction of sp³-hybridized carbons (Fsp3) is 0.769. The average molecular weight is 224 g/mol. The average Bonchev–Trinajstić information content (AvgIpc) is 2.68. The van der Waals surface area contributed by atoms with Gasteiger partial charge in [-0.3, -0.25) is 4.68 Å². The standard InChI is InChI=1S/C13H24N2O/c1-3-4-5-6-7-13(16)9-8-12-10-14-15(2)11-12/h10-11,13,16H,3-9H2,1-2H3. The van der Waals surface area contributed by atoms with Gasteiger partial charge in [-0.15, -0.1) is 0 Å². The van der Waals surface area contributed by atoms with Crippen LogP contribution in [0.1, 0.15) is 51.0 Å². The van der Waals surface area contributed by atoms with Crippen molar-refractivity contribution in [3.05, 3.63) is 18.0 Å². The van der Waals surface area contributed by atoms with Crippen molar-refractivity contribution >= 4 is 0 Å². The summed E-state index contributed by atoms with van der Waals surface area (Å²) < 4.78 is 1.81. The minimum Gasteiger partial charge on any atom is -0.393 e. The smallest absolute Gasteiger partial charge is 0.0543 e. The van der Waals surface area contributed by atoms with Gasteiger partial charge in [-0.1, -0.05) is 32.6 Å². The lowest BCUT2D eigenvalue weighted by Gasteiger charge is -2.09. The Morgan fingerprint density at radius 1 is 1.31 bits per heavy atom. The van der Waals surface area contributed by atoms with E-state index in [0.29, 0.717) is 0 Å². The van der Waals surface area contributed by atoms with E-state index in [4.69, 9.17) is 0 Å². The van der Waals surface area contributed by atoms with E-state index in [0.717, 1.165) is 25.7 Å². The highest BCUT2D eigenvalue weighted by Crippen LogP contribution is 2.10. The lowest BCUT2D eigenvalue weighted by Crippen LogP contribution is -2.07. The summed E-state index contributed by atoms with van der Waals surface area (Å²) in [6, 6.07) is 0. The number of aryl methyl sites for hydroxylation is 2. The molecule has 1 atom stereocenters. The monoisotopic (exact) mass is 224 g/mol. The van der Waals surface area contributed by atoms with E-state index in [9.17, 15) is 5.11 Å². The minimum absolute atomic E-state index is 0.142. The molecule has 1 heterocycles. The molecular weight excluding hydrogens is 200 g/mol. The molecule has 1 aromatic rings. The van der Waals surface area contributed by atoms with Crippen molar-refractivity contribution < 1.29 is 5.11 Å². The number of hydrogen-bond donors (Lipinski definition) is 1. The van der Waals surface area contributed by atoms with E-state index in [1.807, 2.05) is 24.1 Å². The van der Waals surface area contributed by atoms with Crippen molar-refractivity contribution in [1.82, 2.24) is 9.78 Å². The van der Waals surface area contributed by atoms with E-state index in [1.54, 1.807) is 0 Å². The van der Waals surface area contributed by atoms with Crippen molar-refractivity contribution in [3.8, 4) is 0 Å². The molecule has 1 rings (SSSR count). The van der Waals surface area contributed by atoms with Crippen LogP contribution >= 0.6 is 0 Å². The highest BCUT2D eigenvalue weighted by molar-refractivity contribution is 5.03. The molecule has 3 heteroatoms. The molecule has 0 radical (unpaired) electrons. The molecule has 1 unspecified atom stereocenters. The summed E-state index contributed by atoms with van der Waals surface area (Å²) in [6.45, 7) is 2.21. The SMILES string of the molecule is CCCCCCC(O)CCc1cnn(C)c1. The van der Waals surface area contributed by atoms with Gasteiger partial charge >= 0.3 is 0 Å². The molecule has 0 aliphatic carbocycles. The van der Waals surface area contributed by atoms with Gasteiger partial charge in [-0.25, -0.2) is 0 Å². The zero-order chi connectivity index (χ0) is 11.8. The predicted molar refractivity (Wildman–Crippen MR) is 66.3 cm³/mol. The van der Waals surface area contributed by atoms with E-state index >= 15 is 0 Å². The molecule has 0 saturated heterocycles. The van der Waals surface area contributed by atoms with Crippen LogP contribution in [0, 0.1) is 0 Å². The first kappa shape index (κ1) is 13.2. The van der Waals surface area contributed by atoms with E-state index in [2.05, 4.69) is 12.0 Å². The van der Waals surface area contributed by atoms with Gasteiger partial charge in [0.2, 0.25) is 0 Å². The zero-order valence-electron chi connectivity index (χ0n) is 10.5. The van der Waals surface area contributed by atoms with Crippen LogP contribution in [0.15, 0.2) is 12.4 Å². The molecule has 0 aliphatic heterocycles.